The fourth-order valence-electron chi connectivity index (χ4n) is 3.57. The van der Waals surface area contributed by atoms with Gasteiger partial charge in [-0.15, -0.1) is 0 Å². The summed E-state index contributed by atoms with van der Waals surface area (Å²) in [4.78, 5) is 31.1. The summed E-state index contributed by atoms with van der Waals surface area (Å²) in [5, 5.41) is 0. The molecule has 1 aromatic carbocycles. The van der Waals surface area contributed by atoms with Gasteiger partial charge in [-0.2, -0.15) is 0 Å². The first-order chi connectivity index (χ1) is 12.3. The van der Waals surface area contributed by atoms with Crippen LogP contribution in [0.25, 0.3) is 0 Å². The van der Waals surface area contributed by atoms with E-state index >= 15 is 0 Å². The maximum absolute atomic E-state index is 12.7. The minimum Gasteiger partial charge on any atom is -0.339 e. The first kappa shape index (κ1) is 18.9. The Morgan fingerprint density at radius 1 is 1.08 bits per heavy atom. The average molecular weight is 358 g/mol. The van der Waals surface area contributed by atoms with Crippen LogP contribution >= 0.6 is 0 Å². The SMILES string of the molecule is CC(C)(C)[C@H](N)C(=O)N1CCN(CC(=O)N2CCc3ccccc32)CC1. The number of amides is 2. The lowest BCUT2D eigenvalue weighted by Gasteiger charge is -2.38. The van der Waals surface area contributed by atoms with Crippen molar-refractivity contribution in [3.8, 4) is 0 Å². The first-order valence-electron chi connectivity index (χ1n) is 9.42. The molecule has 6 nitrogen and oxygen atoms in total. The molecule has 142 valence electrons. The van der Waals surface area contributed by atoms with Gasteiger partial charge < -0.3 is 15.5 Å². The average Bonchev–Trinajstić information content (AvgIpc) is 3.04. The van der Waals surface area contributed by atoms with Crippen molar-refractivity contribution in [3.05, 3.63) is 29.8 Å². The van der Waals surface area contributed by atoms with Crippen LogP contribution in [0.4, 0.5) is 5.69 Å². The molecule has 1 fully saturated rings. The van der Waals surface area contributed by atoms with E-state index < -0.39 is 6.04 Å². The van der Waals surface area contributed by atoms with Gasteiger partial charge in [-0.05, 0) is 23.5 Å². The van der Waals surface area contributed by atoms with Crippen LogP contribution in [0.1, 0.15) is 26.3 Å². The van der Waals surface area contributed by atoms with Gasteiger partial charge in [0.15, 0.2) is 0 Å². The van der Waals surface area contributed by atoms with Crippen LogP contribution in [-0.2, 0) is 16.0 Å². The molecule has 0 aliphatic carbocycles. The van der Waals surface area contributed by atoms with Crippen molar-refractivity contribution in [2.24, 2.45) is 11.1 Å². The maximum atomic E-state index is 12.7. The highest BCUT2D eigenvalue weighted by Crippen LogP contribution is 2.27. The number of hydrogen-bond donors (Lipinski definition) is 1. The second-order valence-corrected chi connectivity index (χ2v) is 8.37. The van der Waals surface area contributed by atoms with Crippen molar-refractivity contribution >= 4 is 17.5 Å². The van der Waals surface area contributed by atoms with Gasteiger partial charge in [-0.25, -0.2) is 0 Å². The zero-order valence-corrected chi connectivity index (χ0v) is 16.1. The van der Waals surface area contributed by atoms with Crippen molar-refractivity contribution in [2.45, 2.75) is 33.2 Å². The lowest BCUT2D eigenvalue weighted by atomic mass is 9.86. The molecule has 3 rings (SSSR count). The second-order valence-electron chi connectivity index (χ2n) is 8.37. The smallest absolute Gasteiger partial charge is 0.241 e. The molecule has 1 aromatic rings. The highest BCUT2D eigenvalue weighted by Gasteiger charge is 2.33. The number of benzene rings is 1. The van der Waals surface area contributed by atoms with E-state index in [1.165, 1.54) is 5.56 Å². The number of nitrogens with zero attached hydrogens (tertiary/aromatic N) is 3. The molecule has 0 saturated carbocycles. The summed E-state index contributed by atoms with van der Waals surface area (Å²) in [5.74, 6) is 0.151. The summed E-state index contributed by atoms with van der Waals surface area (Å²) in [6, 6.07) is 7.62. The number of piperazine rings is 1. The lowest BCUT2D eigenvalue weighted by molar-refractivity contribution is -0.136. The van der Waals surface area contributed by atoms with Crippen molar-refractivity contribution in [1.82, 2.24) is 9.80 Å². The molecule has 0 bridgehead atoms. The Morgan fingerprint density at radius 2 is 1.73 bits per heavy atom. The fraction of sp³-hybridized carbons (Fsp3) is 0.600. The number of nitrogens with two attached hydrogens (primary N) is 1. The molecule has 0 radical (unpaired) electrons. The Balaban J connectivity index is 1.52. The summed E-state index contributed by atoms with van der Waals surface area (Å²) < 4.78 is 0. The molecule has 6 heteroatoms. The van der Waals surface area contributed by atoms with Crippen molar-refractivity contribution in [3.63, 3.8) is 0 Å². The van der Waals surface area contributed by atoms with E-state index in [0.717, 1.165) is 18.7 Å². The minimum absolute atomic E-state index is 0.0111. The number of anilines is 1. The molecule has 1 atom stereocenters. The van der Waals surface area contributed by atoms with E-state index in [9.17, 15) is 9.59 Å². The Bertz CT molecular complexity index is 675. The molecule has 2 aliphatic rings. The molecule has 2 amide bonds. The summed E-state index contributed by atoms with van der Waals surface area (Å²) in [6.07, 6.45) is 0.925. The lowest BCUT2D eigenvalue weighted by Crippen LogP contribution is -2.57. The summed E-state index contributed by atoms with van der Waals surface area (Å²) in [7, 11) is 0. The van der Waals surface area contributed by atoms with Crippen LogP contribution in [0.15, 0.2) is 24.3 Å². The predicted octanol–water partition coefficient (Wildman–Crippen LogP) is 1.09. The first-order valence-corrected chi connectivity index (χ1v) is 9.42. The molecular weight excluding hydrogens is 328 g/mol. The number of rotatable bonds is 3. The molecule has 0 spiro atoms. The number of hydrogen-bond acceptors (Lipinski definition) is 4. The Morgan fingerprint density at radius 3 is 2.38 bits per heavy atom. The number of fused-ring (bicyclic) bond motifs is 1. The quantitative estimate of drug-likeness (QED) is 0.878. The molecule has 0 aromatic heterocycles. The molecule has 2 aliphatic heterocycles. The van der Waals surface area contributed by atoms with Gasteiger partial charge in [-0.3, -0.25) is 14.5 Å². The third-order valence-corrected chi connectivity index (χ3v) is 5.43. The van der Waals surface area contributed by atoms with E-state index in [-0.39, 0.29) is 17.2 Å². The molecular formula is C20H30N4O2. The third kappa shape index (κ3) is 3.91. The number of carbonyl (C=O) groups excluding carboxylic acids is 2. The number of carbonyl (C=O) groups is 2. The van der Waals surface area contributed by atoms with Crippen LogP contribution < -0.4 is 10.6 Å². The third-order valence-electron chi connectivity index (χ3n) is 5.43. The standard InChI is InChI=1S/C20H30N4O2/c1-20(2,3)18(21)19(26)23-12-10-22(11-13-23)14-17(25)24-9-8-15-6-4-5-7-16(15)24/h4-7,18H,8-14,21H2,1-3H3/t18-/m1/s1. The van der Waals surface area contributed by atoms with Crippen molar-refractivity contribution in [1.29, 1.82) is 0 Å². The van der Waals surface area contributed by atoms with Gasteiger partial charge in [0, 0.05) is 38.4 Å². The summed E-state index contributed by atoms with van der Waals surface area (Å²) in [5.41, 5.74) is 8.15. The van der Waals surface area contributed by atoms with E-state index in [1.54, 1.807) is 0 Å². The van der Waals surface area contributed by atoms with Crippen LogP contribution in [0, 0.1) is 5.41 Å². The predicted molar refractivity (Wildman–Crippen MR) is 103 cm³/mol. The van der Waals surface area contributed by atoms with E-state index in [4.69, 9.17) is 5.73 Å². The van der Waals surface area contributed by atoms with Gasteiger partial charge in [0.25, 0.3) is 0 Å². The monoisotopic (exact) mass is 358 g/mol. The molecule has 2 N–H and O–H groups in total. The van der Waals surface area contributed by atoms with Crippen LogP contribution in [0.3, 0.4) is 0 Å². The van der Waals surface area contributed by atoms with Crippen LogP contribution in [0.2, 0.25) is 0 Å². The van der Waals surface area contributed by atoms with Gasteiger partial charge >= 0.3 is 0 Å². The highest BCUT2D eigenvalue weighted by molar-refractivity contribution is 5.96. The van der Waals surface area contributed by atoms with Crippen molar-refractivity contribution < 1.29 is 9.59 Å². The molecule has 1 saturated heterocycles. The number of para-hydroxylation sites is 1. The Labute approximate surface area is 155 Å². The Hall–Kier alpha value is -1.92. The minimum atomic E-state index is -0.489. The maximum Gasteiger partial charge on any atom is 0.241 e. The summed E-state index contributed by atoms with van der Waals surface area (Å²) in [6.45, 7) is 9.81. The van der Waals surface area contributed by atoms with E-state index in [2.05, 4.69) is 11.0 Å². The Kier molecular flexibility index (Phi) is 5.34. The van der Waals surface area contributed by atoms with Crippen LogP contribution in [0.5, 0.6) is 0 Å². The van der Waals surface area contributed by atoms with Gasteiger partial charge in [0.1, 0.15) is 0 Å². The zero-order chi connectivity index (χ0) is 18.9. The fourth-order valence-corrected chi connectivity index (χ4v) is 3.57. The van der Waals surface area contributed by atoms with Gasteiger partial charge in [0.05, 0.1) is 12.6 Å². The van der Waals surface area contributed by atoms with Crippen molar-refractivity contribution in [2.75, 3.05) is 44.2 Å². The molecule has 2 heterocycles. The van der Waals surface area contributed by atoms with E-state index in [0.29, 0.717) is 32.7 Å². The van der Waals surface area contributed by atoms with Crippen LogP contribution in [-0.4, -0.2) is 66.9 Å². The zero-order valence-electron chi connectivity index (χ0n) is 16.1. The van der Waals surface area contributed by atoms with Gasteiger partial charge in [-0.1, -0.05) is 39.0 Å². The normalized spacial score (nSPS) is 19.4. The topological polar surface area (TPSA) is 69.9 Å². The molecule has 0 unspecified atom stereocenters. The second kappa shape index (κ2) is 7.37. The summed E-state index contributed by atoms with van der Waals surface area (Å²) >= 11 is 0. The largest absolute Gasteiger partial charge is 0.339 e. The highest BCUT2D eigenvalue weighted by atomic mass is 16.2. The molecule has 26 heavy (non-hydrogen) atoms. The van der Waals surface area contributed by atoms with E-state index in [1.807, 2.05) is 48.8 Å². The van der Waals surface area contributed by atoms with Gasteiger partial charge in [0.2, 0.25) is 11.8 Å².